The monoisotopic (exact) mass is 294 g/mol. The number of hydrogen-bond acceptors (Lipinski definition) is 4. The molecule has 2 N–H and O–H groups in total. The third-order valence-corrected chi connectivity index (χ3v) is 2.97. The van der Waals surface area contributed by atoms with Gasteiger partial charge >= 0.3 is 0 Å². The van der Waals surface area contributed by atoms with Crippen LogP contribution in [0.5, 0.6) is 0 Å². The summed E-state index contributed by atoms with van der Waals surface area (Å²) in [5.74, 6) is 0.429. The summed E-state index contributed by atoms with van der Waals surface area (Å²) in [6.45, 7) is 5.54. The van der Waals surface area contributed by atoms with Gasteiger partial charge in [-0.1, -0.05) is 26.8 Å². The minimum atomic E-state index is -0.462. The minimum absolute atomic E-state index is 0.0811. The van der Waals surface area contributed by atoms with Gasteiger partial charge < -0.3 is 10.6 Å². The van der Waals surface area contributed by atoms with Crippen molar-refractivity contribution in [2.24, 2.45) is 5.41 Å². The number of benzene rings is 1. The van der Waals surface area contributed by atoms with Crippen LogP contribution in [-0.2, 0) is 4.79 Å². The summed E-state index contributed by atoms with van der Waals surface area (Å²) in [5, 5.41) is 14.8. The molecule has 5 heteroatoms. The standard InChI is InChI=1S/C17H18N4O/c1-17(2,3)16(22)21-15-8-7-14(11-19-15)20-13-6-4-5-12(9-13)10-18/h4-9,11,20H,1-3H3,(H,19,21,22). The van der Waals surface area contributed by atoms with E-state index in [4.69, 9.17) is 5.26 Å². The number of aromatic nitrogens is 1. The van der Waals surface area contributed by atoms with Crippen LogP contribution in [0, 0.1) is 16.7 Å². The van der Waals surface area contributed by atoms with E-state index in [2.05, 4.69) is 21.7 Å². The Labute approximate surface area is 130 Å². The Morgan fingerprint density at radius 1 is 1.18 bits per heavy atom. The molecule has 0 aliphatic heterocycles. The van der Waals surface area contributed by atoms with Crippen molar-refractivity contribution < 1.29 is 4.79 Å². The van der Waals surface area contributed by atoms with Crippen LogP contribution in [-0.4, -0.2) is 10.9 Å². The molecule has 112 valence electrons. The SMILES string of the molecule is CC(C)(C)C(=O)Nc1ccc(Nc2cccc(C#N)c2)cn1. The largest absolute Gasteiger partial charge is 0.354 e. The van der Waals surface area contributed by atoms with Crippen molar-refractivity contribution in [3.8, 4) is 6.07 Å². The normalized spacial score (nSPS) is 10.6. The fourth-order valence-electron chi connectivity index (χ4n) is 1.68. The Balaban J connectivity index is 2.06. The maximum atomic E-state index is 11.9. The molecule has 1 heterocycles. The van der Waals surface area contributed by atoms with Gasteiger partial charge in [0.15, 0.2) is 0 Å². The average molecular weight is 294 g/mol. The van der Waals surface area contributed by atoms with Crippen molar-refractivity contribution >= 4 is 23.1 Å². The second-order valence-corrected chi connectivity index (χ2v) is 5.95. The highest BCUT2D eigenvalue weighted by Crippen LogP contribution is 2.20. The number of nitrogens with one attached hydrogen (secondary N) is 2. The molecule has 0 unspecified atom stereocenters. The van der Waals surface area contributed by atoms with Crippen LogP contribution in [0.25, 0.3) is 0 Å². The van der Waals surface area contributed by atoms with Crippen LogP contribution < -0.4 is 10.6 Å². The number of nitriles is 1. The fraction of sp³-hybridized carbons (Fsp3) is 0.235. The van der Waals surface area contributed by atoms with Gasteiger partial charge in [-0.3, -0.25) is 4.79 Å². The number of carbonyl (C=O) groups is 1. The lowest BCUT2D eigenvalue weighted by Gasteiger charge is -2.17. The summed E-state index contributed by atoms with van der Waals surface area (Å²) < 4.78 is 0. The van der Waals surface area contributed by atoms with E-state index in [1.165, 1.54) is 0 Å². The van der Waals surface area contributed by atoms with Gasteiger partial charge in [0.05, 0.1) is 23.5 Å². The quantitative estimate of drug-likeness (QED) is 0.905. The van der Waals surface area contributed by atoms with Gasteiger partial charge in [-0.25, -0.2) is 4.98 Å². The first-order chi connectivity index (χ1) is 10.4. The Morgan fingerprint density at radius 3 is 2.55 bits per heavy atom. The molecule has 0 atom stereocenters. The second-order valence-electron chi connectivity index (χ2n) is 5.95. The van der Waals surface area contributed by atoms with Crippen molar-refractivity contribution in [1.82, 2.24) is 4.98 Å². The van der Waals surface area contributed by atoms with Gasteiger partial charge in [-0.2, -0.15) is 5.26 Å². The van der Waals surface area contributed by atoms with Crippen LogP contribution >= 0.6 is 0 Å². The number of carbonyl (C=O) groups excluding carboxylic acids is 1. The molecule has 0 fully saturated rings. The number of anilines is 3. The van der Waals surface area contributed by atoms with Crippen molar-refractivity contribution in [2.45, 2.75) is 20.8 Å². The van der Waals surface area contributed by atoms with E-state index in [-0.39, 0.29) is 5.91 Å². The highest BCUT2D eigenvalue weighted by Gasteiger charge is 2.21. The van der Waals surface area contributed by atoms with Gasteiger partial charge in [0, 0.05) is 11.1 Å². The van der Waals surface area contributed by atoms with Crippen LogP contribution in [0.15, 0.2) is 42.6 Å². The van der Waals surface area contributed by atoms with Gasteiger partial charge in [0.2, 0.25) is 5.91 Å². The van der Waals surface area contributed by atoms with Crippen LogP contribution in [0.4, 0.5) is 17.2 Å². The molecule has 1 aromatic heterocycles. The van der Waals surface area contributed by atoms with E-state index in [9.17, 15) is 4.79 Å². The Kier molecular flexibility index (Phi) is 4.42. The fourth-order valence-corrected chi connectivity index (χ4v) is 1.68. The Morgan fingerprint density at radius 2 is 1.95 bits per heavy atom. The van der Waals surface area contributed by atoms with E-state index in [0.717, 1.165) is 11.4 Å². The summed E-state index contributed by atoms with van der Waals surface area (Å²) in [4.78, 5) is 16.1. The summed E-state index contributed by atoms with van der Waals surface area (Å²) in [6.07, 6.45) is 1.64. The van der Waals surface area contributed by atoms with Crippen molar-refractivity contribution in [3.63, 3.8) is 0 Å². The minimum Gasteiger partial charge on any atom is -0.354 e. The van der Waals surface area contributed by atoms with Crippen molar-refractivity contribution in [1.29, 1.82) is 5.26 Å². The maximum absolute atomic E-state index is 11.9. The van der Waals surface area contributed by atoms with Crippen LogP contribution in [0.3, 0.4) is 0 Å². The zero-order chi connectivity index (χ0) is 16.2. The van der Waals surface area contributed by atoms with E-state index in [1.54, 1.807) is 24.4 Å². The van der Waals surface area contributed by atoms with Gasteiger partial charge in [0.25, 0.3) is 0 Å². The van der Waals surface area contributed by atoms with Crippen molar-refractivity contribution in [2.75, 3.05) is 10.6 Å². The lowest BCUT2D eigenvalue weighted by molar-refractivity contribution is -0.123. The summed E-state index contributed by atoms with van der Waals surface area (Å²) in [7, 11) is 0. The molecule has 2 rings (SSSR count). The Hall–Kier alpha value is -2.87. The van der Waals surface area contributed by atoms with E-state index in [1.807, 2.05) is 39.0 Å². The molecule has 1 amide bonds. The molecule has 1 aromatic carbocycles. The topological polar surface area (TPSA) is 77.8 Å². The molecule has 5 nitrogen and oxygen atoms in total. The smallest absolute Gasteiger partial charge is 0.230 e. The number of hydrogen-bond donors (Lipinski definition) is 2. The lowest BCUT2D eigenvalue weighted by Crippen LogP contribution is -2.27. The van der Waals surface area contributed by atoms with Crippen LogP contribution in [0.1, 0.15) is 26.3 Å². The van der Waals surface area contributed by atoms with E-state index < -0.39 is 5.41 Å². The first-order valence-corrected chi connectivity index (χ1v) is 6.93. The first kappa shape index (κ1) is 15.5. The third-order valence-electron chi connectivity index (χ3n) is 2.97. The van der Waals surface area contributed by atoms with Crippen molar-refractivity contribution in [3.05, 3.63) is 48.2 Å². The lowest BCUT2D eigenvalue weighted by atomic mass is 9.96. The average Bonchev–Trinajstić information content (AvgIpc) is 2.48. The number of amides is 1. The zero-order valence-corrected chi connectivity index (χ0v) is 12.8. The molecule has 2 aromatic rings. The van der Waals surface area contributed by atoms with Gasteiger partial charge in [-0.15, -0.1) is 0 Å². The summed E-state index contributed by atoms with van der Waals surface area (Å²) >= 11 is 0. The molecule has 0 bridgehead atoms. The highest BCUT2D eigenvalue weighted by atomic mass is 16.2. The maximum Gasteiger partial charge on any atom is 0.230 e. The molecule has 22 heavy (non-hydrogen) atoms. The number of nitrogens with zero attached hydrogens (tertiary/aromatic N) is 2. The number of pyridine rings is 1. The third kappa shape index (κ3) is 4.06. The molecule has 0 radical (unpaired) electrons. The molecule has 0 aliphatic rings. The Bertz CT molecular complexity index is 709. The highest BCUT2D eigenvalue weighted by molar-refractivity contribution is 5.93. The van der Waals surface area contributed by atoms with Crippen LogP contribution in [0.2, 0.25) is 0 Å². The van der Waals surface area contributed by atoms with E-state index >= 15 is 0 Å². The molecule has 0 saturated heterocycles. The predicted octanol–water partition coefficient (Wildman–Crippen LogP) is 3.68. The molecule has 0 aliphatic carbocycles. The van der Waals surface area contributed by atoms with E-state index in [0.29, 0.717) is 11.4 Å². The molecular weight excluding hydrogens is 276 g/mol. The predicted molar refractivity (Wildman–Crippen MR) is 86.8 cm³/mol. The second kappa shape index (κ2) is 6.27. The molecular formula is C17H18N4O. The van der Waals surface area contributed by atoms with Gasteiger partial charge in [0.1, 0.15) is 5.82 Å². The molecule has 0 spiro atoms. The summed E-state index contributed by atoms with van der Waals surface area (Å²) in [6, 6.07) is 12.8. The first-order valence-electron chi connectivity index (χ1n) is 6.93. The summed E-state index contributed by atoms with van der Waals surface area (Å²) in [5.41, 5.74) is 1.72. The number of rotatable bonds is 3. The zero-order valence-electron chi connectivity index (χ0n) is 12.8. The van der Waals surface area contributed by atoms with Gasteiger partial charge in [-0.05, 0) is 30.3 Å². The molecule has 0 saturated carbocycles.